The van der Waals surface area contributed by atoms with Gasteiger partial charge in [0.2, 0.25) is 0 Å². The topological polar surface area (TPSA) is 58.1 Å². The Bertz CT molecular complexity index is 668. The van der Waals surface area contributed by atoms with Gasteiger partial charge in [-0.1, -0.05) is 30.7 Å². The third kappa shape index (κ3) is 3.91. The fourth-order valence-corrected chi connectivity index (χ4v) is 2.94. The lowest BCUT2D eigenvalue weighted by atomic mass is 9.85. The molecule has 1 heterocycles. The average Bonchev–Trinajstić information content (AvgIpc) is 2.58. The standard InChI is InChI=1S/C19H24N4O/c1-14(22-19(24)23(2)12-15-4-3-5-15)16-6-8-17(9-7-16)18-10-20-13-21-11-18/h6-11,13-15H,3-5,12H2,1-2H3,(H,22,24)/t14-/m0/s1. The number of hydrogen-bond donors (Lipinski definition) is 1. The highest BCUT2D eigenvalue weighted by Gasteiger charge is 2.22. The van der Waals surface area contributed by atoms with Crippen LogP contribution < -0.4 is 5.32 Å². The third-order valence-corrected chi connectivity index (χ3v) is 4.75. The second-order valence-corrected chi connectivity index (χ2v) is 6.60. The van der Waals surface area contributed by atoms with Crippen molar-refractivity contribution in [3.63, 3.8) is 0 Å². The number of rotatable bonds is 5. The molecule has 1 aromatic carbocycles. The minimum atomic E-state index is -0.0255. The number of hydrogen-bond acceptors (Lipinski definition) is 3. The first-order valence-corrected chi connectivity index (χ1v) is 8.50. The SMILES string of the molecule is C[C@H](NC(=O)N(C)CC1CCC1)c1ccc(-c2cncnc2)cc1. The van der Waals surface area contributed by atoms with Crippen molar-refractivity contribution in [2.24, 2.45) is 5.92 Å². The summed E-state index contributed by atoms with van der Waals surface area (Å²) < 4.78 is 0. The Morgan fingerprint density at radius 2 is 1.88 bits per heavy atom. The molecule has 2 amide bonds. The van der Waals surface area contributed by atoms with Crippen LogP contribution in [0, 0.1) is 5.92 Å². The van der Waals surface area contributed by atoms with Gasteiger partial charge in [-0.2, -0.15) is 0 Å². The normalized spacial score (nSPS) is 15.4. The summed E-state index contributed by atoms with van der Waals surface area (Å²) in [6, 6.07) is 8.12. The van der Waals surface area contributed by atoms with Gasteiger partial charge in [0.25, 0.3) is 0 Å². The first-order chi connectivity index (χ1) is 11.6. The number of carbonyl (C=O) groups excluding carboxylic acids is 1. The van der Waals surface area contributed by atoms with Crippen LogP contribution in [0.25, 0.3) is 11.1 Å². The summed E-state index contributed by atoms with van der Waals surface area (Å²) in [6.07, 6.45) is 8.91. The molecule has 0 spiro atoms. The summed E-state index contributed by atoms with van der Waals surface area (Å²) in [5, 5.41) is 3.07. The van der Waals surface area contributed by atoms with Crippen molar-refractivity contribution in [1.29, 1.82) is 0 Å². The Labute approximate surface area is 143 Å². The molecule has 0 radical (unpaired) electrons. The molecule has 0 saturated heterocycles. The van der Waals surface area contributed by atoms with Crippen LogP contribution in [-0.4, -0.2) is 34.5 Å². The summed E-state index contributed by atoms with van der Waals surface area (Å²) in [5.74, 6) is 0.684. The van der Waals surface area contributed by atoms with Gasteiger partial charge in [-0.25, -0.2) is 14.8 Å². The second kappa shape index (κ2) is 7.43. The van der Waals surface area contributed by atoms with E-state index in [-0.39, 0.29) is 12.1 Å². The maximum Gasteiger partial charge on any atom is 0.317 e. The van der Waals surface area contributed by atoms with Crippen LogP contribution in [0.4, 0.5) is 4.79 Å². The van der Waals surface area contributed by atoms with Gasteiger partial charge in [-0.15, -0.1) is 0 Å². The van der Waals surface area contributed by atoms with E-state index in [0.29, 0.717) is 5.92 Å². The Morgan fingerprint density at radius 1 is 1.21 bits per heavy atom. The fraction of sp³-hybridized carbons (Fsp3) is 0.421. The minimum Gasteiger partial charge on any atom is -0.331 e. The number of amides is 2. The molecule has 1 aliphatic carbocycles. The molecule has 1 saturated carbocycles. The zero-order chi connectivity index (χ0) is 16.9. The molecule has 0 bridgehead atoms. The quantitative estimate of drug-likeness (QED) is 0.913. The van der Waals surface area contributed by atoms with Crippen molar-refractivity contribution >= 4 is 6.03 Å². The van der Waals surface area contributed by atoms with Crippen LogP contribution in [0.5, 0.6) is 0 Å². The maximum absolute atomic E-state index is 12.3. The molecule has 5 heteroatoms. The van der Waals surface area contributed by atoms with Gasteiger partial charge in [0, 0.05) is 31.5 Å². The molecule has 5 nitrogen and oxygen atoms in total. The molecule has 1 aliphatic rings. The molecular weight excluding hydrogens is 300 g/mol. The summed E-state index contributed by atoms with van der Waals surface area (Å²) >= 11 is 0. The predicted molar refractivity (Wildman–Crippen MR) is 94.4 cm³/mol. The van der Waals surface area contributed by atoms with Gasteiger partial charge in [-0.3, -0.25) is 0 Å². The van der Waals surface area contributed by atoms with Crippen LogP contribution in [0.15, 0.2) is 43.0 Å². The number of nitrogens with one attached hydrogen (secondary N) is 1. The van der Waals surface area contributed by atoms with E-state index < -0.39 is 0 Å². The largest absolute Gasteiger partial charge is 0.331 e. The highest BCUT2D eigenvalue weighted by molar-refractivity contribution is 5.74. The van der Waals surface area contributed by atoms with Gasteiger partial charge in [0.05, 0.1) is 6.04 Å². The summed E-state index contributed by atoms with van der Waals surface area (Å²) in [5.41, 5.74) is 3.14. The smallest absolute Gasteiger partial charge is 0.317 e. The number of benzene rings is 1. The molecule has 1 N–H and O–H groups in total. The summed E-state index contributed by atoms with van der Waals surface area (Å²) in [7, 11) is 1.87. The first kappa shape index (κ1) is 16.4. The fourth-order valence-electron chi connectivity index (χ4n) is 2.94. The Balaban J connectivity index is 1.58. The van der Waals surface area contributed by atoms with Crippen molar-refractivity contribution in [3.8, 4) is 11.1 Å². The lowest BCUT2D eigenvalue weighted by Gasteiger charge is -2.30. The van der Waals surface area contributed by atoms with E-state index in [9.17, 15) is 4.79 Å². The van der Waals surface area contributed by atoms with E-state index in [1.165, 1.54) is 25.6 Å². The van der Waals surface area contributed by atoms with Crippen LogP contribution >= 0.6 is 0 Å². The van der Waals surface area contributed by atoms with Gasteiger partial charge in [0.15, 0.2) is 0 Å². The number of carbonyl (C=O) groups is 1. The van der Waals surface area contributed by atoms with E-state index >= 15 is 0 Å². The monoisotopic (exact) mass is 324 g/mol. The molecule has 0 aliphatic heterocycles. The summed E-state index contributed by atoms with van der Waals surface area (Å²) in [4.78, 5) is 22.2. The molecule has 2 aromatic rings. The zero-order valence-electron chi connectivity index (χ0n) is 14.3. The van der Waals surface area contributed by atoms with E-state index in [1.54, 1.807) is 17.3 Å². The van der Waals surface area contributed by atoms with Gasteiger partial charge < -0.3 is 10.2 Å². The van der Waals surface area contributed by atoms with Gasteiger partial charge in [-0.05, 0) is 36.8 Å². The lowest BCUT2D eigenvalue weighted by Crippen LogP contribution is -2.42. The van der Waals surface area contributed by atoms with Crippen LogP contribution in [0.1, 0.15) is 37.8 Å². The zero-order valence-corrected chi connectivity index (χ0v) is 14.3. The third-order valence-electron chi connectivity index (χ3n) is 4.75. The number of urea groups is 1. The maximum atomic E-state index is 12.3. The van der Waals surface area contributed by atoms with Crippen LogP contribution in [0.3, 0.4) is 0 Å². The van der Waals surface area contributed by atoms with Crippen molar-refractivity contribution in [1.82, 2.24) is 20.2 Å². The lowest BCUT2D eigenvalue weighted by molar-refractivity contribution is 0.180. The Hall–Kier alpha value is -2.43. The number of nitrogens with zero attached hydrogens (tertiary/aromatic N) is 3. The highest BCUT2D eigenvalue weighted by atomic mass is 16.2. The molecular formula is C19H24N4O. The van der Waals surface area contributed by atoms with Gasteiger partial charge in [0.1, 0.15) is 6.33 Å². The molecule has 1 fully saturated rings. The minimum absolute atomic E-state index is 0.00469. The van der Waals surface area contributed by atoms with Crippen LogP contribution in [0.2, 0.25) is 0 Å². The van der Waals surface area contributed by atoms with Crippen molar-refractivity contribution in [2.45, 2.75) is 32.2 Å². The summed E-state index contributed by atoms with van der Waals surface area (Å²) in [6.45, 7) is 2.86. The molecule has 24 heavy (non-hydrogen) atoms. The van der Waals surface area contributed by atoms with Crippen molar-refractivity contribution < 1.29 is 4.79 Å². The predicted octanol–water partition coefficient (Wildman–Crippen LogP) is 3.65. The molecule has 1 aromatic heterocycles. The average molecular weight is 324 g/mol. The van der Waals surface area contributed by atoms with Crippen LogP contribution in [-0.2, 0) is 0 Å². The van der Waals surface area contributed by atoms with Crippen molar-refractivity contribution in [3.05, 3.63) is 48.5 Å². The first-order valence-electron chi connectivity index (χ1n) is 8.50. The Morgan fingerprint density at radius 3 is 2.46 bits per heavy atom. The van der Waals surface area contributed by atoms with E-state index in [1.807, 2.05) is 38.2 Å². The molecule has 1 atom stereocenters. The van der Waals surface area contributed by atoms with Gasteiger partial charge >= 0.3 is 6.03 Å². The molecule has 126 valence electrons. The van der Waals surface area contributed by atoms with E-state index in [0.717, 1.165) is 23.2 Å². The van der Waals surface area contributed by atoms with Crippen molar-refractivity contribution in [2.75, 3.05) is 13.6 Å². The highest BCUT2D eigenvalue weighted by Crippen LogP contribution is 2.27. The van der Waals surface area contributed by atoms with E-state index in [4.69, 9.17) is 0 Å². The Kier molecular flexibility index (Phi) is 5.08. The number of aromatic nitrogens is 2. The van der Waals surface area contributed by atoms with E-state index in [2.05, 4.69) is 15.3 Å². The molecule has 3 rings (SSSR count). The second-order valence-electron chi connectivity index (χ2n) is 6.60. The molecule has 0 unspecified atom stereocenters.